The second-order valence-corrected chi connectivity index (χ2v) is 8.43. The Kier molecular flexibility index (Phi) is 5.89. The third-order valence-corrected chi connectivity index (χ3v) is 6.45. The Labute approximate surface area is 153 Å². The maximum absolute atomic E-state index is 12.4. The molecular weight excluding hydrogens is 336 g/mol. The lowest BCUT2D eigenvalue weighted by Crippen LogP contribution is -2.34. The molecule has 0 radical (unpaired) electrons. The number of carboxylic acids is 1. The number of nitrogens with zero attached hydrogens (tertiary/aromatic N) is 1. The van der Waals surface area contributed by atoms with Crippen LogP contribution in [0.2, 0.25) is 0 Å². The van der Waals surface area contributed by atoms with E-state index in [1.165, 1.54) is 37.0 Å². The zero-order chi connectivity index (χ0) is 17.8. The summed E-state index contributed by atoms with van der Waals surface area (Å²) in [6, 6.07) is 5.97. The number of hydrogen-bond acceptors (Lipinski definition) is 3. The van der Waals surface area contributed by atoms with Gasteiger partial charge in [-0.05, 0) is 49.9 Å². The van der Waals surface area contributed by atoms with E-state index >= 15 is 0 Å². The highest BCUT2D eigenvalue weighted by Gasteiger charge is 2.31. The number of amides is 2. The van der Waals surface area contributed by atoms with E-state index in [-0.39, 0.29) is 12.6 Å². The lowest BCUT2D eigenvalue weighted by atomic mass is 10.0. The Balaban J connectivity index is 1.57. The molecule has 2 amide bonds. The standard InChI is InChI=1S/C19H26N2O3S/c1-13-11-16(25-15-5-3-2-4-6-15)7-8-17(13)20-19(24)21-10-9-14(12-21)18(22)23/h7-8,11,14-15H,2-6,9-10,12H2,1H3,(H,20,24)(H,22,23). The molecule has 1 heterocycles. The van der Waals surface area contributed by atoms with Gasteiger partial charge in [-0.3, -0.25) is 4.79 Å². The van der Waals surface area contributed by atoms with E-state index in [2.05, 4.69) is 17.4 Å². The topological polar surface area (TPSA) is 69.6 Å². The number of nitrogens with one attached hydrogen (secondary N) is 1. The number of carbonyl (C=O) groups is 2. The Morgan fingerprint density at radius 1 is 1.20 bits per heavy atom. The first-order valence-electron chi connectivity index (χ1n) is 9.09. The number of urea groups is 1. The summed E-state index contributed by atoms with van der Waals surface area (Å²) in [5.41, 5.74) is 1.85. The monoisotopic (exact) mass is 362 g/mol. The largest absolute Gasteiger partial charge is 0.481 e. The van der Waals surface area contributed by atoms with Crippen molar-refractivity contribution in [3.05, 3.63) is 23.8 Å². The fraction of sp³-hybridized carbons (Fsp3) is 0.579. The fourth-order valence-electron chi connectivity index (χ4n) is 3.57. The molecule has 1 aliphatic heterocycles. The molecule has 6 heteroatoms. The van der Waals surface area contributed by atoms with Crippen LogP contribution < -0.4 is 5.32 Å². The number of aliphatic carboxylic acids is 1. The summed E-state index contributed by atoms with van der Waals surface area (Å²) in [7, 11) is 0. The second-order valence-electron chi connectivity index (χ2n) is 7.05. The molecule has 1 atom stereocenters. The Hall–Kier alpha value is -1.69. The van der Waals surface area contributed by atoms with Crippen molar-refractivity contribution in [3.8, 4) is 0 Å². The van der Waals surface area contributed by atoms with Gasteiger partial charge >= 0.3 is 12.0 Å². The minimum atomic E-state index is -0.824. The smallest absolute Gasteiger partial charge is 0.321 e. The van der Waals surface area contributed by atoms with Gasteiger partial charge in [0.05, 0.1) is 5.92 Å². The molecule has 1 aliphatic carbocycles. The van der Waals surface area contributed by atoms with Crippen molar-refractivity contribution in [1.29, 1.82) is 0 Å². The Morgan fingerprint density at radius 2 is 1.96 bits per heavy atom. The van der Waals surface area contributed by atoms with Crippen LogP contribution in [-0.4, -0.2) is 40.3 Å². The molecule has 0 aromatic heterocycles. The van der Waals surface area contributed by atoms with Gasteiger partial charge in [-0.25, -0.2) is 4.79 Å². The van der Waals surface area contributed by atoms with Crippen molar-refractivity contribution < 1.29 is 14.7 Å². The highest BCUT2D eigenvalue weighted by molar-refractivity contribution is 8.00. The van der Waals surface area contributed by atoms with E-state index in [1.54, 1.807) is 4.90 Å². The molecule has 1 unspecified atom stereocenters. The van der Waals surface area contributed by atoms with Crippen molar-refractivity contribution in [3.63, 3.8) is 0 Å². The molecule has 5 nitrogen and oxygen atoms in total. The molecule has 1 aromatic carbocycles. The van der Waals surface area contributed by atoms with Crippen molar-refractivity contribution in [2.75, 3.05) is 18.4 Å². The molecule has 1 saturated carbocycles. The molecular formula is C19H26N2O3S. The van der Waals surface area contributed by atoms with Crippen LogP contribution in [0.5, 0.6) is 0 Å². The molecule has 1 aromatic rings. The number of hydrogen-bond donors (Lipinski definition) is 2. The molecule has 25 heavy (non-hydrogen) atoms. The van der Waals surface area contributed by atoms with Crippen LogP contribution >= 0.6 is 11.8 Å². The predicted octanol–water partition coefficient (Wildman–Crippen LogP) is 4.36. The highest BCUT2D eigenvalue weighted by atomic mass is 32.2. The van der Waals surface area contributed by atoms with Gasteiger partial charge < -0.3 is 15.3 Å². The van der Waals surface area contributed by atoms with Gasteiger partial charge in [-0.15, -0.1) is 11.8 Å². The fourth-order valence-corrected chi connectivity index (χ4v) is 4.91. The first-order valence-corrected chi connectivity index (χ1v) is 9.97. The molecule has 0 bridgehead atoms. The summed E-state index contributed by atoms with van der Waals surface area (Å²) < 4.78 is 0. The van der Waals surface area contributed by atoms with Crippen LogP contribution in [0.15, 0.2) is 23.1 Å². The SMILES string of the molecule is Cc1cc(SC2CCCCC2)ccc1NC(=O)N1CCC(C(=O)O)C1. The molecule has 3 rings (SSSR count). The summed E-state index contributed by atoms with van der Waals surface area (Å²) in [5, 5.41) is 12.7. The van der Waals surface area contributed by atoms with Gasteiger partial charge in [0.15, 0.2) is 0 Å². The summed E-state index contributed by atoms with van der Waals surface area (Å²) >= 11 is 1.95. The average molecular weight is 362 g/mol. The number of likely N-dealkylation sites (tertiary alicyclic amines) is 1. The average Bonchev–Trinajstić information content (AvgIpc) is 3.09. The van der Waals surface area contributed by atoms with E-state index in [0.29, 0.717) is 18.2 Å². The number of benzene rings is 1. The van der Waals surface area contributed by atoms with Crippen LogP contribution in [0.4, 0.5) is 10.5 Å². The number of aryl methyl sites for hydroxylation is 1. The second kappa shape index (κ2) is 8.13. The number of rotatable bonds is 4. The summed E-state index contributed by atoms with van der Waals surface area (Å²) in [6.45, 7) is 2.79. The molecule has 2 fully saturated rings. The Bertz CT molecular complexity index is 644. The molecule has 1 saturated heterocycles. The summed E-state index contributed by atoms with van der Waals surface area (Å²) in [6.07, 6.45) is 7.14. The van der Waals surface area contributed by atoms with E-state index in [9.17, 15) is 9.59 Å². The number of thioether (sulfide) groups is 1. The van der Waals surface area contributed by atoms with Crippen molar-refractivity contribution in [2.24, 2.45) is 5.92 Å². The third kappa shape index (κ3) is 4.69. The molecule has 0 spiro atoms. The third-order valence-electron chi connectivity index (χ3n) is 5.12. The molecule has 2 N–H and O–H groups in total. The van der Waals surface area contributed by atoms with Crippen LogP contribution in [0.25, 0.3) is 0 Å². The lowest BCUT2D eigenvalue weighted by Gasteiger charge is -2.22. The Morgan fingerprint density at radius 3 is 2.60 bits per heavy atom. The lowest BCUT2D eigenvalue weighted by molar-refractivity contribution is -0.141. The number of carboxylic acid groups (broad SMARTS) is 1. The van der Waals surface area contributed by atoms with E-state index in [4.69, 9.17) is 5.11 Å². The highest BCUT2D eigenvalue weighted by Crippen LogP contribution is 2.35. The minimum absolute atomic E-state index is 0.209. The van der Waals surface area contributed by atoms with Gasteiger partial charge in [0.25, 0.3) is 0 Å². The maximum atomic E-state index is 12.4. The van der Waals surface area contributed by atoms with E-state index in [0.717, 1.165) is 11.3 Å². The zero-order valence-corrected chi connectivity index (χ0v) is 15.5. The van der Waals surface area contributed by atoms with Gasteiger partial charge in [-0.2, -0.15) is 0 Å². The molecule has 2 aliphatic rings. The quantitative estimate of drug-likeness (QED) is 0.835. The van der Waals surface area contributed by atoms with Crippen LogP contribution in [0.3, 0.4) is 0 Å². The van der Waals surface area contributed by atoms with Crippen molar-refractivity contribution in [1.82, 2.24) is 4.90 Å². The van der Waals surface area contributed by atoms with E-state index < -0.39 is 11.9 Å². The van der Waals surface area contributed by atoms with Crippen molar-refractivity contribution >= 4 is 29.4 Å². The summed E-state index contributed by atoms with van der Waals surface area (Å²) in [5.74, 6) is -1.27. The van der Waals surface area contributed by atoms with Gasteiger partial charge in [0, 0.05) is 28.9 Å². The summed E-state index contributed by atoms with van der Waals surface area (Å²) in [4.78, 5) is 26.2. The normalized spacial score (nSPS) is 21.3. The van der Waals surface area contributed by atoms with Gasteiger partial charge in [0.1, 0.15) is 0 Å². The molecule has 136 valence electrons. The van der Waals surface area contributed by atoms with Gasteiger partial charge in [0.2, 0.25) is 0 Å². The number of carbonyl (C=O) groups excluding carboxylic acids is 1. The predicted molar refractivity (Wildman–Crippen MR) is 100 cm³/mol. The minimum Gasteiger partial charge on any atom is -0.481 e. The van der Waals surface area contributed by atoms with Crippen molar-refractivity contribution in [2.45, 2.75) is 55.6 Å². The zero-order valence-electron chi connectivity index (χ0n) is 14.7. The van der Waals surface area contributed by atoms with Crippen LogP contribution in [0, 0.1) is 12.8 Å². The number of anilines is 1. The van der Waals surface area contributed by atoms with Crippen LogP contribution in [0.1, 0.15) is 44.1 Å². The van der Waals surface area contributed by atoms with Gasteiger partial charge in [-0.1, -0.05) is 19.3 Å². The van der Waals surface area contributed by atoms with E-state index in [1.807, 2.05) is 24.8 Å². The van der Waals surface area contributed by atoms with Crippen LogP contribution in [-0.2, 0) is 4.79 Å². The first kappa shape index (κ1) is 18.1. The maximum Gasteiger partial charge on any atom is 0.321 e. The first-order chi connectivity index (χ1) is 12.0.